The SMILES string of the molecule is Cc1ccc(/C(=C2/C=CC(Cl)=N2)c2ccc(Cl)n2B(F)F)cc1. The minimum atomic E-state index is -2.75. The van der Waals surface area contributed by atoms with Gasteiger partial charge in [-0.1, -0.05) is 53.0 Å². The van der Waals surface area contributed by atoms with Gasteiger partial charge in [0.25, 0.3) is 0 Å². The van der Waals surface area contributed by atoms with Crippen LogP contribution in [0.5, 0.6) is 0 Å². The Morgan fingerprint density at radius 3 is 2.30 bits per heavy atom. The number of benzene rings is 1. The summed E-state index contributed by atoms with van der Waals surface area (Å²) in [5.41, 5.74) is 3.22. The van der Waals surface area contributed by atoms with Gasteiger partial charge in [0.1, 0.15) is 10.3 Å². The Morgan fingerprint density at radius 2 is 1.74 bits per heavy atom. The fraction of sp³-hybridized carbons (Fsp3) is 0.0625. The van der Waals surface area contributed by atoms with Crippen molar-refractivity contribution < 1.29 is 8.63 Å². The van der Waals surface area contributed by atoms with Crippen LogP contribution in [0.4, 0.5) is 8.63 Å². The van der Waals surface area contributed by atoms with Crippen LogP contribution in [0.3, 0.4) is 0 Å². The van der Waals surface area contributed by atoms with E-state index >= 15 is 0 Å². The lowest BCUT2D eigenvalue weighted by Gasteiger charge is -2.13. The van der Waals surface area contributed by atoms with Crippen molar-refractivity contribution in [2.75, 3.05) is 0 Å². The van der Waals surface area contributed by atoms with E-state index in [0.717, 1.165) is 15.6 Å². The molecule has 0 spiro atoms. The quantitative estimate of drug-likeness (QED) is 0.678. The van der Waals surface area contributed by atoms with Gasteiger partial charge in [-0.05, 0) is 36.8 Å². The third-order valence-electron chi connectivity index (χ3n) is 3.52. The Balaban J connectivity index is 2.27. The molecule has 0 bridgehead atoms. The van der Waals surface area contributed by atoms with Gasteiger partial charge in [0.05, 0.1) is 5.70 Å². The summed E-state index contributed by atoms with van der Waals surface area (Å²) in [7, 11) is -2.75. The van der Waals surface area contributed by atoms with E-state index in [9.17, 15) is 8.63 Å². The molecule has 3 rings (SSSR count). The maximum Gasteiger partial charge on any atom is 0.678 e. The molecule has 0 amide bonds. The van der Waals surface area contributed by atoms with E-state index in [1.165, 1.54) is 6.07 Å². The first-order valence-corrected chi connectivity index (χ1v) is 7.62. The van der Waals surface area contributed by atoms with Crippen molar-refractivity contribution in [1.29, 1.82) is 0 Å². The Labute approximate surface area is 142 Å². The summed E-state index contributed by atoms with van der Waals surface area (Å²) in [4.78, 5) is 4.22. The van der Waals surface area contributed by atoms with Crippen LogP contribution in [0.15, 0.2) is 59.2 Å². The van der Waals surface area contributed by atoms with Crippen molar-refractivity contribution in [2.24, 2.45) is 4.99 Å². The van der Waals surface area contributed by atoms with E-state index in [0.29, 0.717) is 22.1 Å². The van der Waals surface area contributed by atoms with Crippen molar-refractivity contribution in [3.63, 3.8) is 0 Å². The molecule has 0 aliphatic carbocycles. The highest BCUT2D eigenvalue weighted by molar-refractivity contribution is 6.69. The molecule has 116 valence electrons. The van der Waals surface area contributed by atoms with Gasteiger partial charge in [-0.2, -0.15) is 0 Å². The zero-order valence-corrected chi connectivity index (χ0v) is 13.6. The molecule has 0 radical (unpaired) electrons. The lowest BCUT2D eigenvalue weighted by atomic mass is 9.98. The summed E-state index contributed by atoms with van der Waals surface area (Å²) in [6, 6.07) is 10.6. The normalized spacial score (nSPS) is 15.8. The van der Waals surface area contributed by atoms with Crippen LogP contribution in [0.2, 0.25) is 5.15 Å². The van der Waals surface area contributed by atoms with E-state index in [1.54, 1.807) is 18.2 Å². The van der Waals surface area contributed by atoms with Gasteiger partial charge in [-0.25, -0.2) is 4.99 Å². The molecule has 0 unspecified atom stereocenters. The molecule has 0 atom stereocenters. The number of nitrogens with zero attached hydrogens (tertiary/aromatic N) is 2. The highest BCUT2D eigenvalue weighted by Gasteiger charge is 2.26. The largest absolute Gasteiger partial charge is 0.678 e. The number of rotatable bonds is 3. The lowest BCUT2D eigenvalue weighted by Crippen LogP contribution is -2.16. The molecular formula is C16H11BCl2F2N2. The van der Waals surface area contributed by atoms with Gasteiger partial charge < -0.3 is 4.48 Å². The van der Waals surface area contributed by atoms with E-state index in [2.05, 4.69) is 4.99 Å². The van der Waals surface area contributed by atoms with Crippen LogP contribution in [0, 0.1) is 6.92 Å². The van der Waals surface area contributed by atoms with E-state index in [-0.39, 0.29) is 5.15 Å². The van der Waals surface area contributed by atoms with Crippen molar-refractivity contribution in [3.05, 3.63) is 76.2 Å². The molecular weight excluding hydrogens is 340 g/mol. The molecule has 0 saturated carbocycles. The smallest absolute Gasteiger partial charge is 0.316 e. The van der Waals surface area contributed by atoms with Crippen LogP contribution in [0.25, 0.3) is 5.57 Å². The minimum absolute atomic E-state index is 0.0303. The third-order valence-corrected chi connectivity index (χ3v) is 4.04. The van der Waals surface area contributed by atoms with Gasteiger partial charge in [0.2, 0.25) is 0 Å². The molecule has 7 heteroatoms. The highest BCUT2D eigenvalue weighted by atomic mass is 35.5. The van der Waals surface area contributed by atoms with Crippen molar-refractivity contribution in [1.82, 2.24) is 4.48 Å². The van der Waals surface area contributed by atoms with Gasteiger partial charge >= 0.3 is 7.40 Å². The highest BCUT2D eigenvalue weighted by Crippen LogP contribution is 2.33. The second-order valence-electron chi connectivity index (χ2n) is 5.08. The number of hydrogen-bond donors (Lipinski definition) is 0. The number of aliphatic imine (C=N–C) groups is 1. The molecule has 2 heterocycles. The molecule has 23 heavy (non-hydrogen) atoms. The summed E-state index contributed by atoms with van der Waals surface area (Å²) in [5.74, 6) is 0. The van der Waals surface area contributed by atoms with Gasteiger partial charge in [-0.3, -0.25) is 8.63 Å². The predicted octanol–water partition coefficient (Wildman–Crippen LogP) is 5.19. The number of halogens is 4. The maximum atomic E-state index is 13.4. The maximum absolute atomic E-state index is 13.4. The first-order chi connectivity index (χ1) is 11.0. The van der Waals surface area contributed by atoms with Crippen LogP contribution in [0.1, 0.15) is 16.8 Å². The lowest BCUT2D eigenvalue weighted by molar-refractivity contribution is 0.628. The van der Waals surface area contributed by atoms with Crippen LogP contribution >= 0.6 is 23.2 Å². The van der Waals surface area contributed by atoms with Crippen LogP contribution in [-0.4, -0.2) is 17.1 Å². The topological polar surface area (TPSA) is 17.3 Å². The predicted molar refractivity (Wildman–Crippen MR) is 92.4 cm³/mol. The Kier molecular flexibility index (Phi) is 4.42. The second-order valence-corrected chi connectivity index (χ2v) is 5.86. The average Bonchev–Trinajstić information content (AvgIpc) is 3.08. The molecule has 2 nitrogen and oxygen atoms in total. The molecule has 0 N–H and O–H groups in total. The summed E-state index contributed by atoms with van der Waals surface area (Å²) in [6.45, 7) is 1.96. The first kappa shape index (κ1) is 16.0. The van der Waals surface area contributed by atoms with Gasteiger partial charge in [-0.15, -0.1) is 0 Å². The van der Waals surface area contributed by atoms with Gasteiger partial charge in [0.15, 0.2) is 0 Å². The molecule has 2 aromatic rings. The van der Waals surface area contributed by atoms with Gasteiger partial charge in [0, 0.05) is 11.3 Å². The molecule has 1 aliphatic rings. The number of hydrogen-bond acceptors (Lipinski definition) is 1. The van der Waals surface area contributed by atoms with Crippen LogP contribution in [-0.2, 0) is 0 Å². The summed E-state index contributed by atoms with van der Waals surface area (Å²) >= 11 is 11.8. The monoisotopic (exact) mass is 350 g/mol. The number of allylic oxidation sites excluding steroid dienone is 2. The van der Waals surface area contributed by atoms with E-state index in [4.69, 9.17) is 23.2 Å². The fourth-order valence-corrected chi connectivity index (χ4v) is 2.83. The Bertz CT molecular complexity index is 836. The van der Waals surface area contributed by atoms with E-state index < -0.39 is 7.40 Å². The molecule has 1 aromatic heterocycles. The number of aryl methyl sites for hydroxylation is 1. The standard InChI is InChI=1S/C16H11BCl2F2N2/c1-10-2-4-11(5-3-10)16(12-6-8-14(18)22-12)13-7-9-15(19)23(13)17(20)21/h2-9H,1H3/b16-12+. The molecule has 0 saturated heterocycles. The zero-order chi connectivity index (χ0) is 16.6. The second kappa shape index (κ2) is 6.34. The van der Waals surface area contributed by atoms with Crippen molar-refractivity contribution >= 4 is 41.3 Å². The van der Waals surface area contributed by atoms with Crippen LogP contribution < -0.4 is 0 Å². The number of aromatic nitrogens is 1. The summed E-state index contributed by atoms with van der Waals surface area (Å²) in [5, 5.41) is 0.281. The summed E-state index contributed by atoms with van der Waals surface area (Å²) in [6.07, 6.45) is 3.33. The van der Waals surface area contributed by atoms with Crippen molar-refractivity contribution in [2.45, 2.75) is 6.92 Å². The van der Waals surface area contributed by atoms with Crippen molar-refractivity contribution in [3.8, 4) is 0 Å². The fourth-order valence-electron chi connectivity index (χ4n) is 2.45. The summed E-state index contributed by atoms with van der Waals surface area (Å²) < 4.78 is 27.6. The molecule has 1 aromatic carbocycles. The Morgan fingerprint density at radius 1 is 1.04 bits per heavy atom. The average molecular weight is 351 g/mol. The molecule has 1 aliphatic heterocycles. The third kappa shape index (κ3) is 3.12. The Hall–Kier alpha value is -1.85. The first-order valence-electron chi connectivity index (χ1n) is 6.86. The minimum Gasteiger partial charge on any atom is -0.316 e. The zero-order valence-electron chi connectivity index (χ0n) is 12.1. The van der Waals surface area contributed by atoms with E-state index in [1.807, 2.05) is 31.2 Å². The molecule has 0 fully saturated rings.